The Bertz CT molecular complexity index is 339. The smallest absolute Gasteiger partial charge is 0.217 e. The maximum atomic E-state index is 5.64. The second-order valence-electron chi connectivity index (χ2n) is 4.33. The van der Waals surface area contributed by atoms with Crippen molar-refractivity contribution < 1.29 is 14.5 Å². The van der Waals surface area contributed by atoms with Gasteiger partial charge in [-0.1, -0.05) is 46.3 Å². The van der Waals surface area contributed by atoms with Crippen LogP contribution in [0, 0.1) is 0 Å². The van der Waals surface area contributed by atoms with Gasteiger partial charge >= 0.3 is 0 Å². The van der Waals surface area contributed by atoms with Crippen LogP contribution in [0.4, 0.5) is 0 Å². The molecule has 1 aliphatic heterocycles. The molecule has 2 atom stereocenters. The Hall–Kier alpha value is -0.420. The third-order valence-electron chi connectivity index (χ3n) is 2.57. The molecule has 1 aromatic carbocycles. The molecule has 3 nitrogen and oxygen atoms in total. The van der Waals surface area contributed by atoms with Crippen molar-refractivity contribution >= 4 is 15.9 Å². The van der Waals surface area contributed by atoms with Gasteiger partial charge in [0.25, 0.3) is 0 Å². The third-order valence-corrected chi connectivity index (χ3v) is 3.94. The van der Waals surface area contributed by atoms with Gasteiger partial charge in [0, 0.05) is 5.56 Å². The zero-order valence-electron chi connectivity index (χ0n) is 9.35. The highest BCUT2D eigenvalue weighted by atomic mass is 79.9. The highest BCUT2D eigenvalue weighted by Crippen LogP contribution is 2.31. The van der Waals surface area contributed by atoms with Crippen molar-refractivity contribution in [3.8, 4) is 0 Å². The van der Waals surface area contributed by atoms with Gasteiger partial charge in [0.15, 0.2) is 0 Å². The van der Waals surface area contributed by atoms with E-state index in [1.807, 2.05) is 44.2 Å². The molecule has 0 aromatic heterocycles. The lowest BCUT2D eigenvalue weighted by Gasteiger charge is -2.24. The summed E-state index contributed by atoms with van der Waals surface area (Å²) in [7, 11) is 0. The van der Waals surface area contributed by atoms with Gasteiger partial charge in [-0.05, 0) is 13.8 Å². The molecule has 0 amide bonds. The predicted octanol–water partition coefficient (Wildman–Crippen LogP) is 3.21. The molecule has 1 saturated heterocycles. The molecule has 1 fully saturated rings. The van der Waals surface area contributed by atoms with E-state index in [1.165, 1.54) is 0 Å². The van der Waals surface area contributed by atoms with Gasteiger partial charge in [0.1, 0.15) is 5.60 Å². The molecule has 88 valence electrons. The molecule has 0 spiro atoms. The number of alkyl halides is 1. The van der Waals surface area contributed by atoms with E-state index in [4.69, 9.17) is 14.5 Å². The van der Waals surface area contributed by atoms with Crippen LogP contribution in [0.3, 0.4) is 0 Å². The highest BCUT2D eigenvalue weighted by Gasteiger charge is 2.35. The minimum atomic E-state index is -0.456. The Morgan fingerprint density at radius 3 is 2.62 bits per heavy atom. The minimum Gasteiger partial charge on any atom is -0.345 e. The Balaban J connectivity index is 2.10. The quantitative estimate of drug-likeness (QED) is 0.586. The van der Waals surface area contributed by atoms with Crippen molar-refractivity contribution in [2.45, 2.75) is 30.6 Å². The zero-order chi connectivity index (χ0) is 11.6. The first-order valence-corrected chi connectivity index (χ1v) is 6.16. The molecule has 1 heterocycles. The largest absolute Gasteiger partial charge is 0.345 e. The second kappa shape index (κ2) is 4.84. The van der Waals surface area contributed by atoms with E-state index >= 15 is 0 Å². The minimum absolute atomic E-state index is 0.105. The summed E-state index contributed by atoms with van der Waals surface area (Å²) in [6.45, 7) is 4.47. The summed E-state index contributed by atoms with van der Waals surface area (Å²) in [5.74, 6) is 0. The van der Waals surface area contributed by atoms with E-state index in [9.17, 15) is 0 Å². The maximum absolute atomic E-state index is 5.64. The van der Waals surface area contributed by atoms with E-state index in [0.717, 1.165) is 5.56 Å². The molecule has 2 rings (SSSR count). The normalized spacial score (nSPS) is 29.7. The fourth-order valence-electron chi connectivity index (χ4n) is 1.38. The molecule has 2 unspecified atom stereocenters. The molecule has 0 aliphatic carbocycles. The fourth-order valence-corrected chi connectivity index (χ4v) is 1.61. The van der Waals surface area contributed by atoms with E-state index in [-0.39, 0.29) is 4.83 Å². The Morgan fingerprint density at radius 2 is 1.94 bits per heavy atom. The van der Waals surface area contributed by atoms with Gasteiger partial charge in [-0.25, -0.2) is 4.89 Å². The number of halogens is 1. The molecular formula is C12H15BrO3. The van der Waals surface area contributed by atoms with Gasteiger partial charge < -0.3 is 4.74 Å². The SMILES string of the molecule is CC1(C)OOC(c2ccccc2)OCC1Br. The summed E-state index contributed by atoms with van der Waals surface area (Å²) in [4.78, 5) is 10.8. The Labute approximate surface area is 104 Å². The van der Waals surface area contributed by atoms with Gasteiger partial charge in [-0.3, -0.25) is 0 Å². The number of hydrogen-bond acceptors (Lipinski definition) is 3. The molecule has 1 aliphatic rings. The van der Waals surface area contributed by atoms with Crippen LogP contribution in [0.1, 0.15) is 25.7 Å². The Kier molecular flexibility index (Phi) is 3.64. The number of ether oxygens (including phenoxy) is 1. The topological polar surface area (TPSA) is 27.7 Å². The van der Waals surface area contributed by atoms with Crippen molar-refractivity contribution in [3.05, 3.63) is 35.9 Å². The van der Waals surface area contributed by atoms with Crippen molar-refractivity contribution in [1.82, 2.24) is 0 Å². The summed E-state index contributed by atoms with van der Waals surface area (Å²) in [6.07, 6.45) is -0.456. The second-order valence-corrected chi connectivity index (χ2v) is 5.43. The number of hydrogen-bond donors (Lipinski definition) is 0. The molecular weight excluding hydrogens is 272 g/mol. The van der Waals surface area contributed by atoms with Crippen LogP contribution >= 0.6 is 15.9 Å². The van der Waals surface area contributed by atoms with Crippen molar-refractivity contribution in [3.63, 3.8) is 0 Å². The maximum Gasteiger partial charge on any atom is 0.217 e. The molecule has 0 N–H and O–H groups in total. The summed E-state index contributed by atoms with van der Waals surface area (Å²) in [6, 6.07) is 9.76. The van der Waals surface area contributed by atoms with Gasteiger partial charge in [-0.15, -0.1) is 0 Å². The van der Waals surface area contributed by atoms with Gasteiger partial charge in [0.2, 0.25) is 6.29 Å². The predicted molar refractivity (Wildman–Crippen MR) is 64.1 cm³/mol. The van der Waals surface area contributed by atoms with Crippen LogP contribution in [-0.2, 0) is 14.5 Å². The lowest BCUT2D eigenvalue weighted by atomic mass is 10.1. The lowest BCUT2D eigenvalue weighted by molar-refractivity contribution is -0.405. The molecule has 4 heteroatoms. The molecule has 0 radical (unpaired) electrons. The van der Waals surface area contributed by atoms with Crippen LogP contribution < -0.4 is 0 Å². The number of rotatable bonds is 1. The van der Waals surface area contributed by atoms with Crippen molar-refractivity contribution in [2.24, 2.45) is 0 Å². The summed E-state index contributed by atoms with van der Waals surface area (Å²) in [5.41, 5.74) is 0.559. The average molecular weight is 287 g/mol. The first kappa shape index (κ1) is 12.0. The average Bonchev–Trinajstić information content (AvgIpc) is 2.41. The third kappa shape index (κ3) is 2.63. The molecule has 0 saturated carbocycles. The van der Waals surface area contributed by atoms with Crippen LogP contribution in [0.5, 0.6) is 0 Å². The first-order chi connectivity index (χ1) is 7.59. The zero-order valence-corrected chi connectivity index (χ0v) is 10.9. The van der Waals surface area contributed by atoms with Gasteiger partial charge in [0.05, 0.1) is 11.4 Å². The lowest BCUT2D eigenvalue weighted by Crippen LogP contribution is -2.35. The first-order valence-electron chi connectivity index (χ1n) is 5.25. The fraction of sp³-hybridized carbons (Fsp3) is 0.500. The van der Waals surface area contributed by atoms with Crippen molar-refractivity contribution in [2.75, 3.05) is 6.61 Å². The molecule has 1 aromatic rings. The van der Waals surface area contributed by atoms with Crippen molar-refractivity contribution in [1.29, 1.82) is 0 Å². The summed E-state index contributed by atoms with van der Waals surface area (Å²) in [5, 5.41) is 0. The van der Waals surface area contributed by atoms with E-state index in [1.54, 1.807) is 0 Å². The van der Waals surface area contributed by atoms with E-state index in [2.05, 4.69) is 15.9 Å². The standard InChI is InChI=1S/C12H15BrO3/c1-12(2)10(13)8-14-11(15-16-12)9-6-4-3-5-7-9/h3-7,10-11H,8H2,1-2H3. The molecule has 16 heavy (non-hydrogen) atoms. The van der Waals surface area contributed by atoms with E-state index < -0.39 is 11.9 Å². The number of benzene rings is 1. The van der Waals surface area contributed by atoms with Gasteiger partial charge in [-0.2, -0.15) is 4.89 Å². The van der Waals surface area contributed by atoms with E-state index in [0.29, 0.717) is 6.61 Å². The van der Waals surface area contributed by atoms with Crippen LogP contribution in [0.25, 0.3) is 0 Å². The Morgan fingerprint density at radius 1 is 1.25 bits per heavy atom. The highest BCUT2D eigenvalue weighted by molar-refractivity contribution is 9.09. The van der Waals surface area contributed by atoms with Crippen LogP contribution in [0.2, 0.25) is 0 Å². The summed E-state index contributed by atoms with van der Waals surface area (Å²) < 4.78 is 5.64. The summed E-state index contributed by atoms with van der Waals surface area (Å²) >= 11 is 3.53. The van der Waals surface area contributed by atoms with Crippen LogP contribution in [-0.4, -0.2) is 17.0 Å². The molecule has 0 bridgehead atoms. The monoisotopic (exact) mass is 286 g/mol. The van der Waals surface area contributed by atoms with Crippen LogP contribution in [0.15, 0.2) is 30.3 Å².